The number of amides is 1. The van der Waals surface area contributed by atoms with Crippen molar-refractivity contribution in [1.29, 1.82) is 0 Å². The molecule has 0 bridgehead atoms. The van der Waals surface area contributed by atoms with Crippen LogP contribution in [0.2, 0.25) is 0 Å². The summed E-state index contributed by atoms with van der Waals surface area (Å²) < 4.78 is 30.0. The molecule has 2 saturated heterocycles. The third-order valence-electron chi connectivity index (χ3n) is 11.6. The Morgan fingerprint density at radius 1 is 1.10 bits per heavy atom. The lowest BCUT2D eigenvalue weighted by Gasteiger charge is -2.47. The zero-order chi connectivity index (χ0) is 33.4. The SMILES string of the molecule is CN(C)C(=O)c1cc2n(n1)CCCN(c1nc(OC[C@@]34CCCN3C[C@H](F)C4)nc3c1CO[C@@]1(CCC(C)(C)c4ccc(N)cc41)C3)C2. The first-order valence-corrected chi connectivity index (χ1v) is 17.4. The normalized spacial score (nSPS) is 27.6. The number of hydrogen-bond donors (Lipinski definition) is 1. The molecule has 4 aliphatic heterocycles. The van der Waals surface area contributed by atoms with Crippen molar-refractivity contribution in [1.82, 2.24) is 29.5 Å². The second-order valence-corrected chi connectivity index (χ2v) is 15.5. The minimum Gasteiger partial charge on any atom is -0.461 e. The van der Waals surface area contributed by atoms with E-state index in [2.05, 4.69) is 40.9 Å². The molecule has 1 spiro atoms. The maximum Gasteiger partial charge on any atom is 0.318 e. The van der Waals surface area contributed by atoms with E-state index in [0.29, 0.717) is 57.4 Å². The summed E-state index contributed by atoms with van der Waals surface area (Å²) >= 11 is 0. The predicted octanol–water partition coefficient (Wildman–Crippen LogP) is 4.36. The molecule has 2 N–H and O–H groups in total. The molecule has 1 amide bonds. The maximum atomic E-state index is 14.6. The van der Waals surface area contributed by atoms with Gasteiger partial charge in [0.1, 0.15) is 18.6 Å². The molecule has 5 aliphatic rings. The van der Waals surface area contributed by atoms with E-state index in [1.54, 1.807) is 19.0 Å². The van der Waals surface area contributed by atoms with Crippen LogP contribution in [0.4, 0.5) is 15.9 Å². The largest absolute Gasteiger partial charge is 0.461 e. The minimum absolute atomic E-state index is 0.00681. The third-order valence-corrected chi connectivity index (χ3v) is 11.6. The smallest absolute Gasteiger partial charge is 0.318 e. The van der Waals surface area contributed by atoms with Crippen molar-refractivity contribution >= 4 is 17.4 Å². The number of hydrogen-bond acceptors (Lipinski definition) is 9. The Hall–Kier alpha value is -3.77. The average molecular weight is 659 g/mol. The molecule has 0 saturated carbocycles. The number of fused-ring (bicyclic) bond motifs is 5. The van der Waals surface area contributed by atoms with Crippen LogP contribution < -0.4 is 15.4 Å². The lowest BCUT2D eigenvalue weighted by Crippen LogP contribution is -2.45. The van der Waals surface area contributed by atoms with Gasteiger partial charge in [0.15, 0.2) is 5.69 Å². The number of aryl methyl sites for hydroxylation is 1. The van der Waals surface area contributed by atoms with E-state index in [1.807, 2.05) is 16.8 Å². The van der Waals surface area contributed by atoms with Crippen LogP contribution in [0.1, 0.15) is 90.9 Å². The van der Waals surface area contributed by atoms with Crippen LogP contribution in [0.5, 0.6) is 6.01 Å². The molecular weight excluding hydrogens is 611 g/mol. The number of aromatic nitrogens is 4. The summed E-state index contributed by atoms with van der Waals surface area (Å²) in [4.78, 5) is 29.0. The number of ether oxygens (including phenoxy) is 2. The summed E-state index contributed by atoms with van der Waals surface area (Å²) in [7, 11) is 3.48. The van der Waals surface area contributed by atoms with Crippen LogP contribution in [0.15, 0.2) is 24.3 Å². The molecule has 0 radical (unpaired) electrons. The number of carbonyl (C=O) groups excluding carboxylic acids is 1. The van der Waals surface area contributed by atoms with Gasteiger partial charge < -0.3 is 25.0 Å². The van der Waals surface area contributed by atoms with Gasteiger partial charge in [-0.15, -0.1) is 0 Å². The maximum absolute atomic E-state index is 14.6. The van der Waals surface area contributed by atoms with E-state index in [-0.39, 0.29) is 16.9 Å². The molecule has 1 aromatic carbocycles. The molecule has 12 heteroatoms. The number of nitrogens with two attached hydrogens (primary N) is 1. The lowest BCUT2D eigenvalue weighted by atomic mass is 9.65. The van der Waals surface area contributed by atoms with Gasteiger partial charge in [0, 0.05) is 57.8 Å². The van der Waals surface area contributed by atoms with Gasteiger partial charge >= 0.3 is 6.01 Å². The minimum atomic E-state index is -0.833. The topological polar surface area (TPSA) is 115 Å². The first kappa shape index (κ1) is 31.5. The van der Waals surface area contributed by atoms with Crippen molar-refractivity contribution in [3.63, 3.8) is 0 Å². The van der Waals surface area contributed by atoms with Crippen molar-refractivity contribution in [2.24, 2.45) is 0 Å². The Kier molecular flexibility index (Phi) is 7.48. The molecule has 11 nitrogen and oxygen atoms in total. The number of nitrogens with zero attached hydrogens (tertiary/aromatic N) is 7. The van der Waals surface area contributed by atoms with E-state index in [0.717, 1.165) is 79.2 Å². The number of alkyl halides is 1. The summed E-state index contributed by atoms with van der Waals surface area (Å²) in [5.41, 5.74) is 11.9. The molecule has 8 rings (SSSR count). The molecule has 6 heterocycles. The van der Waals surface area contributed by atoms with Gasteiger partial charge in [-0.2, -0.15) is 15.1 Å². The Morgan fingerprint density at radius 2 is 1.96 bits per heavy atom. The lowest BCUT2D eigenvalue weighted by molar-refractivity contribution is -0.0906. The highest BCUT2D eigenvalue weighted by Crippen LogP contribution is 2.51. The summed E-state index contributed by atoms with van der Waals surface area (Å²) in [6.45, 7) is 8.67. The van der Waals surface area contributed by atoms with Crippen LogP contribution in [-0.4, -0.2) is 87.5 Å². The fourth-order valence-electron chi connectivity index (χ4n) is 8.92. The van der Waals surface area contributed by atoms with E-state index in [1.165, 1.54) is 5.56 Å². The molecule has 0 unspecified atom stereocenters. The number of rotatable bonds is 5. The highest BCUT2D eigenvalue weighted by atomic mass is 19.1. The van der Waals surface area contributed by atoms with Crippen LogP contribution in [-0.2, 0) is 41.9 Å². The van der Waals surface area contributed by atoms with E-state index in [4.69, 9.17) is 25.2 Å². The summed E-state index contributed by atoms with van der Waals surface area (Å²) in [5.74, 6) is 0.676. The summed E-state index contributed by atoms with van der Waals surface area (Å²) in [6, 6.07) is 8.45. The van der Waals surface area contributed by atoms with Gasteiger partial charge in [0.05, 0.1) is 35.7 Å². The zero-order valence-electron chi connectivity index (χ0n) is 28.6. The van der Waals surface area contributed by atoms with Crippen LogP contribution in [0.25, 0.3) is 0 Å². The van der Waals surface area contributed by atoms with Gasteiger partial charge in [0.2, 0.25) is 0 Å². The van der Waals surface area contributed by atoms with Gasteiger partial charge in [0.25, 0.3) is 5.91 Å². The molecule has 1 aliphatic carbocycles. The Bertz CT molecular complexity index is 1760. The average Bonchev–Trinajstić information content (AvgIpc) is 3.68. The second kappa shape index (κ2) is 11.4. The van der Waals surface area contributed by atoms with Crippen molar-refractivity contribution < 1.29 is 18.7 Å². The second-order valence-electron chi connectivity index (χ2n) is 15.5. The molecule has 2 aromatic heterocycles. The Balaban J connectivity index is 1.17. The van der Waals surface area contributed by atoms with E-state index >= 15 is 0 Å². The molecule has 48 heavy (non-hydrogen) atoms. The number of carbonyl (C=O) groups is 1. The van der Waals surface area contributed by atoms with Crippen LogP contribution >= 0.6 is 0 Å². The van der Waals surface area contributed by atoms with Crippen molar-refractivity contribution in [2.75, 3.05) is 51.0 Å². The van der Waals surface area contributed by atoms with E-state index in [9.17, 15) is 9.18 Å². The van der Waals surface area contributed by atoms with Crippen molar-refractivity contribution in [3.05, 3.63) is 58.0 Å². The first-order valence-electron chi connectivity index (χ1n) is 17.4. The number of nitrogen functional groups attached to an aromatic ring is 1. The standard InChI is InChI=1S/C36H47FN8O3/c1-34(2)10-11-36(28-15-24(38)7-8-27(28)34)18-30-26(21-48-36)31(40-33(39-30)47-22-35-9-5-13-44(35)19-23(37)17-35)43-12-6-14-45-25(20-43)16-29(41-45)32(46)42(3)4/h7-8,15-16,23H,5-6,9-14,17-22,38H2,1-4H3/t23-,35+,36+/m1/s1. The van der Waals surface area contributed by atoms with Gasteiger partial charge in [-0.3, -0.25) is 14.4 Å². The quantitative estimate of drug-likeness (QED) is 0.400. The number of benzene rings is 1. The Morgan fingerprint density at radius 3 is 2.79 bits per heavy atom. The zero-order valence-corrected chi connectivity index (χ0v) is 28.6. The number of halogens is 1. The summed E-state index contributed by atoms with van der Waals surface area (Å²) in [5, 5.41) is 4.64. The van der Waals surface area contributed by atoms with Crippen LogP contribution in [0, 0.1) is 0 Å². The molecule has 3 atom stereocenters. The Labute approximate surface area is 281 Å². The van der Waals surface area contributed by atoms with Crippen molar-refractivity contribution in [2.45, 2.75) is 101 Å². The molecule has 256 valence electrons. The van der Waals surface area contributed by atoms with Crippen LogP contribution in [0.3, 0.4) is 0 Å². The highest BCUT2D eigenvalue weighted by molar-refractivity contribution is 5.92. The molecule has 3 aromatic rings. The molecule has 2 fully saturated rings. The fourth-order valence-corrected chi connectivity index (χ4v) is 8.92. The highest BCUT2D eigenvalue weighted by Gasteiger charge is 2.50. The molecular formula is C36H47FN8O3. The van der Waals surface area contributed by atoms with Crippen molar-refractivity contribution in [3.8, 4) is 6.01 Å². The van der Waals surface area contributed by atoms with Gasteiger partial charge in [-0.1, -0.05) is 19.9 Å². The fraction of sp³-hybridized carbons (Fsp3) is 0.611. The van der Waals surface area contributed by atoms with E-state index < -0.39 is 11.8 Å². The van der Waals surface area contributed by atoms with Gasteiger partial charge in [-0.05, 0) is 73.4 Å². The monoisotopic (exact) mass is 658 g/mol. The first-order chi connectivity index (χ1) is 23.0. The number of anilines is 2. The predicted molar refractivity (Wildman–Crippen MR) is 180 cm³/mol. The van der Waals surface area contributed by atoms with Gasteiger partial charge in [-0.25, -0.2) is 4.39 Å². The third kappa shape index (κ3) is 5.22. The summed E-state index contributed by atoms with van der Waals surface area (Å²) in [6.07, 6.45) is 4.87.